The van der Waals surface area contributed by atoms with E-state index in [9.17, 15) is 13.6 Å². The Labute approximate surface area is 135 Å². The molecule has 0 aromatic carbocycles. The van der Waals surface area contributed by atoms with Gasteiger partial charge < -0.3 is 9.80 Å². The van der Waals surface area contributed by atoms with Crippen LogP contribution in [0.5, 0.6) is 0 Å². The van der Waals surface area contributed by atoms with Gasteiger partial charge in [0.25, 0.3) is 5.91 Å². The molecule has 128 valence electrons. The summed E-state index contributed by atoms with van der Waals surface area (Å²) < 4.78 is 27.1. The first kappa shape index (κ1) is 16.4. The molecule has 1 aromatic heterocycles. The number of piperazine rings is 1. The number of nitrogens with zero attached hydrogens (tertiary/aromatic N) is 4. The maximum absolute atomic E-state index is 13.2. The lowest BCUT2D eigenvalue weighted by Crippen LogP contribution is -2.50. The summed E-state index contributed by atoms with van der Waals surface area (Å²) in [6.45, 7) is 4.29. The number of alkyl halides is 2. The summed E-state index contributed by atoms with van der Waals surface area (Å²) in [6, 6.07) is 3.43. The summed E-state index contributed by atoms with van der Waals surface area (Å²) in [5.74, 6) is -0.282. The summed E-state index contributed by atoms with van der Waals surface area (Å²) in [4.78, 5) is 19.0. The van der Waals surface area contributed by atoms with Crippen LogP contribution in [0.1, 0.15) is 29.2 Å². The Morgan fingerprint density at radius 1 is 1.17 bits per heavy atom. The lowest BCUT2D eigenvalue weighted by Gasteiger charge is -2.36. The number of aryl methyl sites for hydroxylation is 1. The number of halogens is 2. The molecule has 5 nitrogen and oxygen atoms in total. The van der Waals surface area contributed by atoms with Gasteiger partial charge in [-0.15, -0.1) is 0 Å². The Balaban J connectivity index is 1.66. The van der Waals surface area contributed by atoms with Gasteiger partial charge in [0.1, 0.15) is 5.69 Å². The van der Waals surface area contributed by atoms with E-state index in [1.165, 1.54) is 6.07 Å². The first-order valence-corrected chi connectivity index (χ1v) is 8.15. The zero-order valence-corrected chi connectivity index (χ0v) is 13.7. The van der Waals surface area contributed by atoms with Crippen molar-refractivity contribution in [2.45, 2.75) is 25.9 Å². The molecule has 0 unspecified atom stereocenters. The Morgan fingerprint density at radius 2 is 1.87 bits per heavy atom. The predicted molar refractivity (Wildman–Crippen MR) is 83.8 cm³/mol. The zero-order chi connectivity index (χ0) is 16.6. The molecule has 0 aliphatic carbocycles. The highest BCUT2D eigenvalue weighted by molar-refractivity contribution is 5.93. The third-order valence-corrected chi connectivity index (χ3v) is 5.04. The van der Waals surface area contributed by atoms with Gasteiger partial charge in [0, 0.05) is 51.0 Å². The molecule has 2 saturated heterocycles. The molecule has 2 aliphatic rings. The number of likely N-dealkylation sites (tertiary alicyclic amines) is 1. The lowest BCUT2D eigenvalue weighted by molar-refractivity contribution is 0.0556. The van der Waals surface area contributed by atoms with Crippen LogP contribution in [0.25, 0.3) is 0 Å². The van der Waals surface area contributed by atoms with E-state index >= 15 is 0 Å². The average Bonchev–Trinajstić information content (AvgIpc) is 3.14. The quantitative estimate of drug-likeness (QED) is 0.847. The minimum atomic E-state index is -2.68. The smallest absolute Gasteiger partial charge is 0.319 e. The molecule has 7 heteroatoms. The maximum atomic E-state index is 13.2. The van der Waals surface area contributed by atoms with Crippen LogP contribution in [-0.4, -0.2) is 77.5 Å². The molecule has 0 spiro atoms. The summed E-state index contributed by atoms with van der Waals surface area (Å²) in [7, 11) is 2.11. The summed E-state index contributed by atoms with van der Waals surface area (Å²) in [6.07, 6.45) is 0.920. The highest BCUT2D eigenvalue weighted by Crippen LogP contribution is 2.23. The number of hydrogen-bond donors (Lipinski definition) is 0. The predicted octanol–water partition coefficient (Wildman–Crippen LogP) is 1.65. The van der Waals surface area contributed by atoms with Gasteiger partial charge in [-0.05, 0) is 32.5 Å². The number of aromatic nitrogens is 1. The second kappa shape index (κ2) is 6.57. The van der Waals surface area contributed by atoms with Gasteiger partial charge in [-0.25, -0.2) is 0 Å². The number of hydrogen-bond acceptors (Lipinski definition) is 3. The van der Waals surface area contributed by atoms with Crippen LogP contribution in [0.15, 0.2) is 12.1 Å². The van der Waals surface area contributed by atoms with E-state index in [-0.39, 0.29) is 11.6 Å². The van der Waals surface area contributed by atoms with Gasteiger partial charge in [0.05, 0.1) is 0 Å². The van der Waals surface area contributed by atoms with Crippen molar-refractivity contribution in [2.75, 3.05) is 46.3 Å². The first-order chi connectivity index (χ1) is 11.0. The van der Waals surface area contributed by atoms with Crippen molar-refractivity contribution in [3.05, 3.63) is 23.5 Å². The van der Waals surface area contributed by atoms with Gasteiger partial charge in [-0.3, -0.25) is 14.3 Å². The maximum Gasteiger partial charge on any atom is 0.319 e. The van der Waals surface area contributed by atoms with E-state index in [4.69, 9.17) is 0 Å². The molecule has 3 rings (SSSR count). The standard InChI is InChI=1S/C16H24F2N4O/c1-12-3-4-14(22(12)16(17)18)15(23)21-6-5-13(11-21)20-9-7-19(2)8-10-20/h3-4,13,16H,5-11H2,1-2H3/t13-/m1/s1. The van der Waals surface area contributed by atoms with Gasteiger partial charge >= 0.3 is 6.55 Å². The van der Waals surface area contributed by atoms with Gasteiger partial charge in [-0.1, -0.05) is 0 Å². The third-order valence-electron chi connectivity index (χ3n) is 5.04. The van der Waals surface area contributed by atoms with E-state index in [1.807, 2.05) is 0 Å². The average molecular weight is 326 g/mol. The molecule has 1 atom stereocenters. The Kier molecular flexibility index (Phi) is 4.68. The van der Waals surface area contributed by atoms with Crippen molar-refractivity contribution in [3.8, 4) is 0 Å². The lowest BCUT2D eigenvalue weighted by atomic mass is 10.2. The SMILES string of the molecule is Cc1ccc(C(=O)N2CC[C@@H](N3CCN(C)CC3)C2)n1C(F)F. The van der Waals surface area contributed by atoms with Crippen LogP contribution >= 0.6 is 0 Å². The molecule has 3 heterocycles. The summed E-state index contributed by atoms with van der Waals surface area (Å²) >= 11 is 0. The van der Waals surface area contributed by atoms with Crippen LogP contribution in [0.3, 0.4) is 0 Å². The minimum absolute atomic E-state index is 0.0940. The van der Waals surface area contributed by atoms with Gasteiger partial charge in [0.2, 0.25) is 0 Å². The number of rotatable bonds is 3. The van der Waals surface area contributed by atoms with Crippen molar-refractivity contribution in [3.63, 3.8) is 0 Å². The van der Waals surface area contributed by atoms with Crippen molar-refractivity contribution in [2.24, 2.45) is 0 Å². The van der Waals surface area contributed by atoms with Crippen molar-refractivity contribution in [1.82, 2.24) is 19.3 Å². The van der Waals surface area contributed by atoms with Crippen molar-refractivity contribution >= 4 is 5.91 Å². The first-order valence-electron chi connectivity index (χ1n) is 8.15. The normalized spacial score (nSPS) is 23.9. The van der Waals surface area contributed by atoms with Gasteiger partial charge in [-0.2, -0.15) is 8.78 Å². The molecule has 0 N–H and O–H groups in total. The number of carbonyl (C=O) groups is 1. The molecule has 2 aliphatic heterocycles. The summed E-state index contributed by atoms with van der Waals surface area (Å²) in [5.41, 5.74) is 0.509. The van der Waals surface area contributed by atoms with E-state index in [0.717, 1.165) is 37.2 Å². The van der Waals surface area contributed by atoms with Crippen LogP contribution < -0.4 is 0 Å². The number of carbonyl (C=O) groups excluding carboxylic acids is 1. The Morgan fingerprint density at radius 3 is 2.52 bits per heavy atom. The Bertz CT molecular complexity index is 566. The highest BCUT2D eigenvalue weighted by atomic mass is 19.3. The number of likely N-dealkylation sites (N-methyl/N-ethyl adjacent to an activating group) is 1. The third kappa shape index (κ3) is 3.26. The molecule has 1 amide bonds. The second-order valence-corrected chi connectivity index (χ2v) is 6.54. The molecule has 2 fully saturated rings. The summed E-state index contributed by atoms with van der Waals surface area (Å²) in [5, 5.41) is 0. The molecule has 0 saturated carbocycles. The fourth-order valence-corrected chi connectivity index (χ4v) is 3.56. The number of amides is 1. The zero-order valence-electron chi connectivity index (χ0n) is 13.7. The molecule has 23 heavy (non-hydrogen) atoms. The Hall–Kier alpha value is -1.47. The highest BCUT2D eigenvalue weighted by Gasteiger charge is 2.33. The topological polar surface area (TPSA) is 31.7 Å². The van der Waals surface area contributed by atoms with Crippen LogP contribution in [0, 0.1) is 6.92 Å². The van der Waals surface area contributed by atoms with Gasteiger partial charge in [0.15, 0.2) is 0 Å². The van der Waals surface area contributed by atoms with Crippen LogP contribution in [0.4, 0.5) is 8.78 Å². The van der Waals surface area contributed by atoms with Crippen molar-refractivity contribution < 1.29 is 13.6 Å². The fourth-order valence-electron chi connectivity index (χ4n) is 3.56. The molecule has 1 aromatic rings. The molecular weight excluding hydrogens is 302 g/mol. The minimum Gasteiger partial charge on any atom is -0.336 e. The largest absolute Gasteiger partial charge is 0.336 e. The van der Waals surface area contributed by atoms with E-state index < -0.39 is 6.55 Å². The van der Waals surface area contributed by atoms with E-state index in [2.05, 4.69) is 16.8 Å². The second-order valence-electron chi connectivity index (χ2n) is 6.54. The molecule has 0 radical (unpaired) electrons. The van der Waals surface area contributed by atoms with E-state index in [1.54, 1.807) is 17.9 Å². The molecular formula is C16H24F2N4O. The van der Waals surface area contributed by atoms with Crippen LogP contribution in [-0.2, 0) is 0 Å². The monoisotopic (exact) mass is 326 g/mol. The fraction of sp³-hybridized carbons (Fsp3) is 0.688. The van der Waals surface area contributed by atoms with Crippen molar-refractivity contribution in [1.29, 1.82) is 0 Å². The molecule has 0 bridgehead atoms. The van der Waals surface area contributed by atoms with Crippen LogP contribution in [0.2, 0.25) is 0 Å². The van der Waals surface area contributed by atoms with E-state index in [0.29, 0.717) is 24.8 Å².